The number of pyridine rings is 2. The van der Waals surface area contributed by atoms with Gasteiger partial charge >= 0.3 is 0 Å². The number of rotatable bonds is 6. The third kappa shape index (κ3) is 4.94. The number of nitrogens with one attached hydrogen (secondary N) is 1. The highest BCUT2D eigenvalue weighted by atomic mass is 16.5. The average Bonchev–Trinajstić information content (AvgIpc) is 2.64. The van der Waals surface area contributed by atoms with Crippen LogP contribution in [0.5, 0.6) is 5.75 Å². The van der Waals surface area contributed by atoms with E-state index in [9.17, 15) is 9.59 Å². The van der Waals surface area contributed by atoms with E-state index < -0.39 is 0 Å². The van der Waals surface area contributed by atoms with Crippen molar-refractivity contribution in [2.24, 2.45) is 0 Å². The monoisotopic (exact) mass is 355 g/mol. The molecule has 1 saturated carbocycles. The van der Waals surface area contributed by atoms with E-state index in [1.165, 1.54) is 6.07 Å². The van der Waals surface area contributed by atoms with E-state index >= 15 is 0 Å². The zero-order chi connectivity index (χ0) is 18.4. The minimum Gasteiger partial charge on any atom is -0.489 e. The van der Waals surface area contributed by atoms with Gasteiger partial charge in [0, 0.05) is 37.5 Å². The molecule has 2 aromatic heterocycles. The quantitative estimate of drug-likeness (QED) is 0.864. The molecule has 0 aromatic carbocycles. The lowest BCUT2D eigenvalue weighted by atomic mass is 9.93. The van der Waals surface area contributed by atoms with E-state index in [-0.39, 0.29) is 23.6 Å². The first-order chi connectivity index (χ1) is 12.6. The Morgan fingerprint density at radius 3 is 2.77 bits per heavy atom. The fourth-order valence-corrected chi connectivity index (χ4v) is 3.27. The Bertz CT molecular complexity index is 795. The molecule has 0 aliphatic heterocycles. The molecule has 0 spiro atoms. The Morgan fingerprint density at radius 2 is 2.04 bits per heavy atom. The van der Waals surface area contributed by atoms with Gasteiger partial charge in [0.05, 0.1) is 11.8 Å². The molecule has 0 bridgehead atoms. The molecule has 6 heteroatoms. The minimum atomic E-state index is -0.0800. The van der Waals surface area contributed by atoms with Crippen molar-refractivity contribution in [2.75, 3.05) is 0 Å². The number of aryl methyl sites for hydroxylation is 2. The van der Waals surface area contributed by atoms with E-state index in [0.29, 0.717) is 13.0 Å². The van der Waals surface area contributed by atoms with Crippen molar-refractivity contribution in [3.8, 4) is 5.75 Å². The van der Waals surface area contributed by atoms with Gasteiger partial charge in [0.2, 0.25) is 5.91 Å². The summed E-state index contributed by atoms with van der Waals surface area (Å²) in [5, 5.41) is 3.08. The van der Waals surface area contributed by atoms with Crippen molar-refractivity contribution in [2.45, 2.75) is 57.7 Å². The summed E-state index contributed by atoms with van der Waals surface area (Å²) >= 11 is 0. The van der Waals surface area contributed by atoms with E-state index in [1.54, 1.807) is 29.1 Å². The molecule has 0 saturated heterocycles. The summed E-state index contributed by atoms with van der Waals surface area (Å²) in [6.45, 7) is 2.35. The van der Waals surface area contributed by atoms with E-state index in [4.69, 9.17) is 4.74 Å². The SMILES string of the molecule is Cc1ncccc1OC1CCC(NC(=O)CCn2ccccc2=O)CC1. The standard InChI is InChI=1S/C20H25N3O3/c1-15-18(5-4-12-21-15)26-17-9-7-16(8-10-17)22-19(24)11-14-23-13-3-2-6-20(23)25/h2-6,12-13,16-17H,7-11,14H2,1H3,(H,22,24). The first kappa shape index (κ1) is 18.2. The normalized spacial score (nSPS) is 19.7. The highest BCUT2D eigenvalue weighted by Crippen LogP contribution is 2.25. The van der Waals surface area contributed by atoms with Crippen LogP contribution in [0, 0.1) is 6.92 Å². The smallest absolute Gasteiger partial charge is 0.250 e. The summed E-state index contributed by atoms with van der Waals surface area (Å²) in [5.74, 6) is 0.835. The Kier molecular flexibility index (Phi) is 6.04. The molecule has 1 N–H and O–H groups in total. The topological polar surface area (TPSA) is 73.2 Å². The fourth-order valence-electron chi connectivity index (χ4n) is 3.27. The number of aromatic nitrogens is 2. The summed E-state index contributed by atoms with van der Waals surface area (Å²) in [5.41, 5.74) is 0.822. The highest BCUT2D eigenvalue weighted by molar-refractivity contribution is 5.76. The molecule has 2 heterocycles. The number of ether oxygens (including phenoxy) is 1. The third-order valence-electron chi connectivity index (χ3n) is 4.77. The largest absolute Gasteiger partial charge is 0.489 e. The van der Waals surface area contributed by atoms with Crippen LogP contribution in [0.1, 0.15) is 37.8 Å². The lowest BCUT2D eigenvalue weighted by Gasteiger charge is -2.29. The van der Waals surface area contributed by atoms with Crippen LogP contribution < -0.4 is 15.6 Å². The Morgan fingerprint density at radius 1 is 1.23 bits per heavy atom. The van der Waals surface area contributed by atoms with Gasteiger partial charge in [-0.25, -0.2) is 0 Å². The van der Waals surface area contributed by atoms with Gasteiger partial charge in [0.15, 0.2) is 0 Å². The van der Waals surface area contributed by atoms with E-state index in [2.05, 4.69) is 10.3 Å². The number of carbonyl (C=O) groups is 1. The lowest BCUT2D eigenvalue weighted by Crippen LogP contribution is -2.40. The molecule has 3 rings (SSSR count). The molecule has 1 fully saturated rings. The van der Waals surface area contributed by atoms with Gasteiger partial charge in [-0.15, -0.1) is 0 Å². The molecular weight excluding hydrogens is 330 g/mol. The van der Waals surface area contributed by atoms with Gasteiger partial charge in [-0.05, 0) is 50.8 Å². The van der Waals surface area contributed by atoms with E-state index in [0.717, 1.165) is 37.1 Å². The second-order valence-electron chi connectivity index (χ2n) is 6.73. The molecule has 1 amide bonds. The van der Waals surface area contributed by atoms with Crippen molar-refractivity contribution in [1.29, 1.82) is 0 Å². The van der Waals surface area contributed by atoms with Crippen molar-refractivity contribution >= 4 is 5.91 Å². The van der Waals surface area contributed by atoms with E-state index in [1.807, 2.05) is 19.1 Å². The van der Waals surface area contributed by atoms with Gasteiger partial charge in [-0.1, -0.05) is 6.07 Å². The molecule has 0 unspecified atom stereocenters. The maximum absolute atomic E-state index is 12.1. The summed E-state index contributed by atoms with van der Waals surface area (Å²) in [7, 11) is 0. The highest BCUT2D eigenvalue weighted by Gasteiger charge is 2.24. The molecule has 1 aliphatic carbocycles. The van der Waals surface area contributed by atoms with Crippen molar-refractivity contribution in [3.05, 3.63) is 58.8 Å². The van der Waals surface area contributed by atoms with Gasteiger partial charge in [0.25, 0.3) is 5.56 Å². The van der Waals surface area contributed by atoms with Crippen LogP contribution in [0.3, 0.4) is 0 Å². The second kappa shape index (κ2) is 8.65. The number of hydrogen-bond acceptors (Lipinski definition) is 4. The predicted molar refractivity (Wildman–Crippen MR) is 99.1 cm³/mol. The third-order valence-corrected chi connectivity index (χ3v) is 4.77. The predicted octanol–water partition coefficient (Wildman–Crippen LogP) is 2.45. The van der Waals surface area contributed by atoms with Crippen molar-refractivity contribution in [1.82, 2.24) is 14.9 Å². The summed E-state index contributed by atoms with van der Waals surface area (Å²) in [6, 6.07) is 9.01. The van der Waals surface area contributed by atoms with Crippen LogP contribution >= 0.6 is 0 Å². The van der Waals surface area contributed by atoms with Gasteiger partial charge < -0.3 is 14.6 Å². The van der Waals surface area contributed by atoms with Crippen LogP contribution in [0.25, 0.3) is 0 Å². The van der Waals surface area contributed by atoms with Crippen LogP contribution in [0.15, 0.2) is 47.5 Å². The molecule has 26 heavy (non-hydrogen) atoms. The zero-order valence-corrected chi connectivity index (χ0v) is 15.1. The number of amides is 1. The number of hydrogen-bond donors (Lipinski definition) is 1. The molecule has 2 aromatic rings. The fraction of sp³-hybridized carbons (Fsp3) is 0.450. The molecule has 0 atom stereocenters. The van der Waals surface area contributed by atoms with Crippen LogP contribution in [-0.4, -0.2) is 27.6 Å². The number of carbonyl (C=O) groups excluding carboxylic acids is 1. The number of nitrogens with zero attached hydrogens (tertiary/aromatic N) is 2. The maximum Gasteiger partial charge on any atom is 0.250 e. The van der Waals surface area contributed by atoms with Crippen molar-refractivity contribution in [3.63, 3.8) is 0 Å². The molecule has 6 nitrogen and oxygen atoms in total. The van der Waals surface area contributed by atoms with Crippen molar-refractivity contribution < 1.29 is 9.53 Å². The van der Waals surface area contributed by atoms with Crippen LogP contribution in [0.2, 0.25) is 0 Å². The molecular formula is C20H25N3O3. The summed E-state index contributed by atoms with van der Waals surface area (Å²) in [4.78, 5) is 28.0. The maximum atomic E-state index is 12.1. The average molecular weight is 355 g/mol. The Labute approximate surface area is 153 Å². The second-order valence-corrected chi connectivity index (χ2v) is 6.73. The summed E-state index contributed by atoms with van der Waals surface area (Å²) < 4.78 is 7.60. The van der Waals surface area contributed by atoms with Crippen LogP contribution in [-0.2, 0) is 11.3 Å². The van der Waals surface area contributed by atoms with Gasteiger partial charge in [0.1, 0.15) is 5.75 Å². The Balaban J connectivity index is 1.41. The Hall–Kier alpha value is -2.63. The first-order valence-corrected chi connectivity index (χ1v) is 9.15. The molecule has 0 radical (unpaired) electrons. The lowest BCUT2D eigenvalue weighted by molar-refractivity contribution is -0.122. The van der Waals surface area contributed by atoms with Gasteiger partial charge in [-0.3, -0.25) is 14.6 Å². The minimum absolute atomic E-state index is 0.00627. The van der Waals surface area contributed by atoms with Gasteiger partial charge in [-0.2, -0.15) is 0 Å². The molecule has 138 valence electrons. The molecule has 1 aliphatic rings. The zero-order valence-electron chi connectivity index (χ0n) is 15.1. The first-order valence-electron chi connectivity index (χ1n) is 9.15. The summed E-state index contributed by atoms with van der Waals surface area (Å²) in [6.07, 6.45) is 7.59. The van der Waals surface area contributed by atoms with Crippen LogP contribution in [0.4, 0.5) is 0 Å².